The summed E-state index contributed by atoms with van der Waals surface area (Å²) in [5, 5.41) is 18.7. The molecule has 1 aromatic heterocycles. The van der Waals surface area contributed by atoms with E-state index in [1.54, 1.807) is 26.0 Å². The molecule has 0 amide bonds. The smallest absolute Gasteiger partial charge is 0.196 e. The van der Waals surface area contributed by atoms with Gasteiger partial charge in [0.1, 0.15) is 11.5 Å². The minimum Gasteiger partial charge on any atom is -0.497 e. The lowest BCUT2D eigenvalue weighted by molar-refractivity contribution is 0.414. The number of aromatic nitrogens is 3. The third-order valence-corrected chi connectivity index (χ3v) is 5.74. The Hall–Kier alpha value is -3.76. The highest BCUT2D eigenvalue weighted by molar-refractivity contribution is 7.98. The molecule has 0 radical (unpaired) electrons. The van der Waals surface area contributed by atoms with Crippen LogP contribution in [0.25, 0.3) is 17.1 Å². The molecule has 4 aromatic rings. The molecule has 154 valence electrons. The predicted octanol–water partition coefficient (Wildman–Crippen LogP) is 5.12. The summed E-state index contributed by atoms with van der Waals surface area (Å²) < 4.78 is 12.7. The van der Waals surface area contributed by atoms with Gasteiger partial charge < -0.3 is 9.47 Å². The van der Waals surface area contributed by atoms with E-state index in [1.807, 2.05) is 77.4 Å². The lowest BCUT2D eigenvalue weighted by atomic mass is 10.2. The van der Waals surface area contributed by atoms with Crippen LogP contribution in [-0.2, 0) is 5.75 Å². The number of thioether (sulfide) groups is 1. The summed E-state index contributed by atoms with van der Waals surface area (Å²) in [7, 11) is 3.29. The van der Waals surface area contributed by atoms with E-state index in [-0.39, 0.29) is 0 Å². The Labute approximate surface area is 185 Å². The van der Waals surface area contributed by atoms with Crippen molar-refractivity contribution in [2.45, 2.75) is 10.9 Å². The molecule has 0 saturated carbocycles. The fourth-order valence-corrected chi connectivity index (χ4v) is 4.01. The summed E-state index contributed by atoms with van der Waals surface area (Å²) in [6.45, 7) is 0. The number of hydrogen-bond donors (Lipinski definition) is 0. The van der Waals surface area contributed by atoms with Crippen LogP contribution in [0.5, 0.6) is 11.5 Å². The lowest BCUT2D eigenvalue weighted by Gasteiger charge is -2.12. The van der Waals surface area contributed by atoms with Gasteiger partial charge in [-0.25, -0.2) is 0 Å². The van der Waals surface area contributed by atoms with Gasteiger partial charge in [-0.3, -0.25) is 4.57 Å². The molecule has 0 N–H and O–H groups in total. The molecule has 0 bridgehead atoms. The molecule has 1 heterocycles. The number of benzene rings is 3. The number of rotatable bonds is 7. The van der Waals surface area contributed by atoms with Gasteiger partial charge in [0.05, 0.1) is 25.9 Å². The van der Waals surface area contributed by atoms with Crippen molar-refractivity contribution in [1.82, 2.24) is 14.8 Å². The Morgan fingerprint density at radius 2 is 1.65 bits per heavy atom. The van der Waals surface area contributed by atoms with Gasteiger partial charge in [-0.15, -0.1) is 10.2 Å². The largest absolute Gasteiger partial charge is 0.497 e. The minimum atomic E-state index is 0.649. The number of hydrogen-bond acceptors (Lipinski definition) is 6. The van der Waals surface area contributed by atoms with Crippen LogP contribution in [0.1, 0.15) is 11.1 Å². The highest BCUT2D eigenvalue weighted by Gasteiger charge is 2.17. The van der Waals surface area contributed by atoms with E-state index in [4.69, 9.17) is 14.7 Å². The Balaban J connectivity index is 1.71. The van der Waals surface area contributed by atoms with Crippen molar-refractivity contribution in [1.29, 1.82) is 5.26 Å². The van der Waals surface area contributed by atoms with Crippen molar-refractivity contribution in [2.24, 2.45) is 0 Å². The average molecular weight is 429 g/mol. The Morgan fingerprint density at radius 3 is 2.32 bits per heavy atom. The highest BCUT2D eigenvalue weighted by Crippen LogP contribution is 2.31. The maximum absolute atomic E-state index is 8.99. The fraction of sp³-hybridized carbons (Fsp3) is 0.125. The zero-order chi connectivity index (χ0) is 21.6. The monoisotopic (exact) mass is 428 g/mol. The molecule has 0 fully saturated rings. The van der Waals surface area contributed by atoms with Gasteiger partial charge in [0.15, 0.2) is 11.0 Å². The normalized spacial score (nSPS) is 10.5. The second kappa shape index (κ2) is 9.37. The summed E-state index contributed by atoms with van der Waals surface area (Å²) in [6.07, 6.45) is 0. The fourth-order valence-electron chi connectivity index (χ4n) is 3.10. The first kappa shape index (κ1) is 20.5. The van der Waals surface area contributed by atoms with E-state index in [2.05, 4.69) is 16.3 Å². The van der Waals surface area contributed by atoms with Crippen LogP contribution >= 0.6 is 11.8 Å². The first-order chi connectivity index (χ1) is 15.2. The third-order valence-electron chi connectivity index (χ3n) is 4.74. The number of methoxy groups -OCH3 is 2. The number of nitrogens with zero attached hydrogens (tertiary/aromatic N) is 4. The van der Waals surface area contributed by atoms with Gasteiger partial charge in [-0.05, 0) is 54.1 Å². The molecule has 0 aliphatic carbocycles. The molecule has 7 heteroatoms. The second-order valence-electron chi connectivity index (χ2n) is 6.67. The van der Waals surface area contributed by atoms with Crippen molar-refractivity contribution in [3.8, 4) is 34.6 Å². The van der Waals surface area contributed by atoms with E-state index in [0.717, 1.165) is 39.3 Å². The Bertz CT molecular complexity index is 1210. The molecule has 0 unspecified atom stereocenters. The van der Waals surface area contributed by atoms with E-state index in [9.17, 15) is 0 Å². The summed E-state index contributed by atoms with van der Waals surface area (Å²) in [5.74, 6) is 2.98. The third kappa shape index (κ3) is 4.55. The molecule has 6 nitrogen and oxygen atoms in total. The van der Waals surface area contributed by atoms with Crippen LogP contribution in [0.4, 0.5) is 0 Å². The molecule has 0 saturated heterocycles. The van der Waals surface area contributed by atoms with Crippen LogP contribution in [0.3, 0.4) is 0 Å². The summed E-state index contributed by atoms with van der Waals surface area (Å²) >= 11 is 1.59. The van der Waals surface area contributed by atoms with Gasteiger partial charge in [-0.1, -0.05) is 36.0 Å². The molecule has 3 aromatic carbocycles. The highest BCUT2D eigenvalue weighted by atomic mass is 32.2. The second-order valence-corrected chi connectivity index (χ2v) is 7.61. The summed E-state index contributed by atoms with van der Waals surface area (Å²) in [6, 6.07) is 25.3. The van der Waals surface area contributed by atoms with Gasteiger partial charge in [-0.2, -0.15) is 5.26 Å². The molecule has 0 atom stereocenters. The first-order valence-corrected chi connectivity index (χ1v) is 10.6. The quantitative estimate of drug-likeness (QED) is 0.381. The van der Waals surface area contributed by atoms with Crippen LogP contribution in [0.15, 0.2) is 78.0 Å². The minimum absolute atomic E-state index is 0.649. The zero-order valence-electron chi connectivity index (χ0n) is 17.1. The maximum Gasteiger partial charge on any atom is 0.196 e. The SMILES string of the molecule is COc1ccc(-n2c(SCc3ccc(C#N)cc3)nnc2-c2cccc(OC)c2)cc1. The van der Waals surface area contributed by atoms with Gasteiger partial charge in [0.2, 0.25) is 0 Å². The van der Waals surface area contributed by atoms with Gasteiger partial charge in [0.25, 0.3) is 0 Å². The molecule has 0 aliphatic heterocycles. The van der Waals surface area contributed by atoms with Gasteiger partial charge >= 0.3 is 0 Å². The van der Waals surface area contributed by atoms with E-state index < -0.39 is 0 Å². The Morgan fingerprint density at radius 1 is 0.903 bits per heavy atom. The van der Waals surface area contributed by atoms with Crippen LogP contribution in [-0.4, -0.2) is 29.0 Å². The van der Waals surface area contributed by atoms with Gasteiger partial charge in [0, 0.05) is 17.0 Å². The number of ether oxygens (including phenoxy) is 2. The van der Waals surface area contributed by atoms with E-state index >= 15 is 0 Å². The summed E-state index contributed by atoms with van der Waals surface area (Å²) in [5.41, 5.74) is 3.60. The molecular formula is C24H20N4O2S. The van der Waals surface area contributed by atoms with E-state index in [1.165, 1.54) is 0 Å². The van der Waals surface area contributed by atoms with Crippen molar-refractivity contribution in [3.63, 3.8) is 0 Å². The predicted molar refractivity (Wildman–Crippen MR) is 121 cm³/mol. The van der Waals surface area contributed by atoms with Crippen LogP contribution in [0, 0.1) is 11.3 Å². The molecule has 31 heavy (non-hydrogen) atoms. The van der Waals surface area contributed by atoms with Crippen molar-refractivity contribution >= 4 is 11.8 Å². The zero-order valence-corrected chi connectivity index (χ0v) is 18.0. The first-order valence-electron chi connectivity index (χ1n) is 9.58. The van der Waals surface area contributed by atoms with E-state index in [0.29, 0.717) is 11.3 Å². The average Bonchev–Trinajstić information content (AvgIpc) is 3.27. The summed E-state index contributed by atoms with van der Waals surface area (Å²) in [4.78, 5) is 0. The van der Waals surface area contributed by atoms with Crippen LogP contribution in [0.2, 0.25) is 0 Å². The topological polar surface area (TPSA) is 73.0 Å². The lowest BCUT2D eigenvalue weighted by Crippen LogP contribution is -2.00. The van der Waals surface area contributed by atoms with Crippen molar-refractivity contribution in [2.75, 3.05) is 14.2 Å². The molecule has 4 rings (SSSR count). The number of nitriles is 1. The van der Waals surface area contributed by atoms with Crippen molar-refractivity contribution in [3.05, 3.63) is 83.9 Å². The standard InChI is InChI=1S/C24H20N4O2S/c1-29-21-12-10-20(11-13-21)28-23(19-4-3-5-22(14-19)30-2)26-27-24(28)31-16-18-8-6-17(15-25)7-9-18/h3-14H,16H2,1-2H3. The molecule has 0 spiro atoms. The Kier molecular flexibility index (Phi) is 6.20. The maximum atomic E-state index is 8.99. The van der Waals surface area contributed by atoms with Crippen molar-refractivity contribution < 1.29 is 9.47 Å². The molecular weight excluding hydrogens is 408 g/mol. The molecule has 0 aliphatic rings. The van der Waals surface area contributed by atoms with Crippen LogP contribution < -0.4 is 9.47 Å².